The number of fused-ring (bicyclic) bond motifs is 1. The van der Waals surface area contributed by atoms with Gasteiger partial charge < -0.3 is 9.64 Å². The first-order chi connectivity index (χ1) is 13.5. The minimum Gasteiger partial charge on any atom is -0.451 e. The number of hydrogen-bond acceptors (Lipinski definition) is 7. The Labute approximate surface area is 171 Å². The fourth-order valence-corrected chi connectivity index (χ4v) is 5.38. The molecule has 1 amide bonds. The highest BCUT2D eigenvalue weighted by molar-refractivity contribution is 7.18. The number of benzene rings is 1. The summed E-state index contributed by atoms with van der Waals surface area (Å²) in [4.78, 5) is 36.0. The van der Waals surface area contributed by atoms with Crippen LogP contribution in [-0.2, 0) is 9.53 Å². The van der Waals surface area contributed by atoms with Gasteiger partial charge in [0.1, 0.15) is 4.88 Å². The predicted molar refractivity (Wildman–Crippen MR) is 110 cm³/mol. The van der Waals surface area contributed by atoms with Crippen LogP contribution in [0.1, 0.15) is 44.1 Å². The molecule has 1 aromatic carbocycles. The van der Waals surface area contributed by atoms with E-state index in [-0.39, 0.29) is 18.4 Å². The van der Waals surface area contributed by atoms with Crippen molar-refractivity contribution in [3.05, 3.63) is 44.9 Å². The number of aromatic nitrogens is 2. The van der Waals surface area contributed by atoms with E-state index in [1.807, 2.05) is 25.1 Å². The van der Waals surface area contributed by atoms with Crippen LogP contribution >= 0.6 is 22.7 Å². The van der Waals surface area contributed by atoms with Gasteiger partial charge in [-0.15, -0.1) is 22.7 Å². The van der Waals surface area contributed by atoms with Gasteiger partial charge in [-0.2, -0.15) is 0 Å². The molecule has 1 aliphatic rings. The highest BCUT2D eigenvalue weighted by Crippen LogP contribution is 2.33. The zero-order chi connectivity index (χ0) is 19.7. The standard InChI is InChI=1S/C20H21N3O3S2/c1-12-18(27-13(2)21-12)20(25)26-11-17(24)23-9-5-6-14(10-23)19-22-15-7-3-4-8-16(15)28-19/h3-4,7-8,14H,5-6,9-11H2,1-2H3/t14-/m0/s1. The van der Waals surface area contributed by atoms with Gasteiger partial charge in [-0.1, -0.05) is 12.1 Å². The molecule has 3 heterocycles. The zero-order valence-corrected chi connectivity index (χ0v) is 17.4. The number of ether oxygens (including phenoxy) is 1. The summed E-state index contributed by atoms with van der Waals surface area (Å²) in [5.41, 5.74) is 1.66. The highest BCUT2D eigenvalue weighted by atomic mass is 32.1. The quantitative estimate of drug-likeness (QED) is 0.604. The maximum absolute atomic E-state index is 12.6. The predicted octanol–water partition coefficient (Wildman–Crippen LogP) is 3.93. The molecule has 1 fully saturated rings. The number of nitrogens with zero attached hydrogens (tertiary/aromatic N) is 3. The maximum atomic E-state index is 12.6. The van der Waals surface area contributed by atoms with Gasteiger partial charge in [-0.05, 0) is 38.8 Å². The summed E-state index contributed by atoms with van der Waals surface area (Å²) < 4.78 is 6.42. The van der Waals surface area contributed by atoms with E-state index < -0.39 is 5.97 Å². The second-order valence-electron chi connectivity index (χ2n) is 6.92. The summed E-state index contributed by atoms with van der Waals surface area (Å²) in [6.07, 6.45) is 1.94. The fourth-order valence-electron chi connectivity index (χ4n) is 3.47. The van der Waals surface area contributed by atoms with Gasteiger partial charge in [0.15, 0.2) is 6.61 Å². The summed E-state index contributed by atoms with van der Waals surface area (Å²) in [6.45, 7) is 4.69. The number of piperidine rings is 1. The maximum Gasteiger partial charge on any atom is 0.350 e. The van der Waals surface area contributed by atoms with Crippen molar-refractivity contribution in [3.63, 3.8) is 0 Å². The Morgan fingerprint density at radius 1 is 1.21 bits per heavy atom. The summed E-state index contributed by atoms with van der Waals surface area (Å²) >= 11 is 2.99. The molecule has 0 N–H and O–H groups in total. The Bertz CT molecular complexity index is 994. The van der Waals surface area contributed by atoms with E-state index >= 15 is 0 Å². The van der Waals surface area contributed by atoms with Crippen LogP contribution in [0.15, 0.2) is 24.3 Å². The molecule has 0 radical (unpaired) electrons. The van der Waals surface area contributed by atoms with Gasteiger partial charge in [-0.25, -0.2) is 14.8 Å². The molecule has 0 spiro atoms. The van der Waals surface area contributed by atoms with Crippen LogP contribution in [0.2, 0.25) is 0 Å². The number of likely N-dealkylation sites (tertiary alicyclic amines) is 1. The number of para-hydroxylation sites is 1. The number of amides is 1. The van der Waals surface area contributed by atoms with Gasteiger partial charge in [0, 0.05) is 19.0 Å². The van der Waals surface area contributed by atoms with Crippen LogP contribution in [0.25, 0.3) is 10.2 Å². The number of thiazole rings is 2. The van der Waals surface area contributed by atoms with E-state index in [1.165, 1.54) is 16.0 Å². The topological polar surface area (TPSA) is 72.4 Å². The first-order valence-corrected chi connectivity index (χ1v) is 10.9. The van der Waals surface area contributed by atoms with Crippen LogP contribution in [0, 0.1) is 13.8 Å². The number of carbonyl (C=O) groups excluding carboxylic acids is 2. The number of rotatable bonds is 4. The largest absolute Gasteiger partial charge is 0.451 e. The lowest BCUT2D eigenvalue weighted by Crippen LogP contribution is -2.41. The monoisotopic (exact) mass is 415 g/mol. The molecule has 0 aliphatic carbocycles. The van der Waals surface area contributed by atoms with Gasteiger partial charge in [0.2, 0.25) is 0 Å². The Kier molecular flexibility index (Phi) is 5.41. The van der Waals surface area contributed by atoms with Crippen molar-refractivity contribution in [2.45, 2.75) is 32.6 Å². The third-order valence-corrected chi connectivity index (χ3v) is 7.10. The van der Waals surface area contributed by atoms with Crippen molar-refractivity contribution in [2.24, 2.45) is 0 Å². The van der Waals surface area contributed by atoms with Crippen molar-refractivity contribution in [2.75, 3.05) is 19.7 Å². The van der Waals surface area contributed by atoms with Crippen molar-refractivity contribution in [1.29, 1.82) is 0 Å². The second-order valence-corrected chi connectivity index (χ2v) is 9.19. The molecule has 146 valence electrons. The van der Waals surface area contributed by atoms with Crippen LogP contribution in [0.5, 0.6) is 0 Å². The lowest BCUT2D eigenvalue weighted by molar-refractivity contribution is -0.135. The van der Waals surface area contributed by atoms with E-state index in [2.05, 4.69) is 11.1 Å². The molecule has 1 atom stereocenters. The van der Waals surface area contributed by atoms with E-state index in [0.29, 0.717) is 23.7 Å². The number of hydrogen-bond donors (Lipinski definition) is 0. The van der Waals surface area contributed by atoms with Crippen LogP contribution in [0.4, 0.5) is 0 Å². The molecule has 6 nitrogen and oxygen atoms in total. The lowest BCUT2D eigenvalue weighted by Gasteiger charge is -2.31. The molecule has 28 heavy (non-hydrogen) atoms. The second kappa shape index (κ2) is 7.97. The number of carbonyl (C=O) groups is 2. The molecule has 3 aromatic rings. The van der Waals surface area contributed by atoms with E-state index in [9.17, 15) is 9.59 Å². The Morgan fingerprint density at radius 3 is 2.79 bits per heavy atom. The highest BCUT2D eigenvalue weighted by Gasteiger charge is 2.28. The molecule has 8 heteroatoms. The van der Waals surface area contributed by atoms with Crippen molar-refractivity contribution in [3.8, 4) is 0 Å². The molecule has 4 rings (SSSR count). The molecular weight excluding hydrogens is 394 g/mol. The van der Waals surface area contributed by atoms with Crippen molar-refractivity contribution in [1.82, 2.24) is 14.9 Å². The first kappa shape index (κ1) is 19.0. The summed E-state index contributed by atoms with van der Waals surface area (Å²) in [5, 5.41) is 1.89. The Hall–Kier alpha value is -2.32. The lowest BCUT2D eigenvalue weighted by atomic mass is 9.99. The minimum absolute atomic E-state index is 0.155. The van der Waals surface area contributed by atoms with Crippen molar-refractivity contribution >= 4 is 44.8 Å². The van der Waals surface area contributed by atoms with E-state index in [0.717, 1.165) is 28.4 Å². The van der Waals surface area contributed by atoms with Gasteiger partial charge >= 0.3 is 5.97 Å². The summed E-state index contributed by atoms with van der Waals surface area (Å²) in [6, 6.07) is 8.10. The van der Waals surface area contributed by atoms with Crippen LogP contribution in [-0.4, -0.2) is 46.4 Å². The fraction of sp³-hybridized carbons (Fsp3) is 0.400. The van der Waals surface area contributed by atoms with Gasteiger partial charge in [0.05, 0.1) is 25.9 Å². The van der Waals surface area contributed by atoms with Crippen LogP contribution in [0.3, 0.4) is 0 Å². The number of aryl methyl sites for hydroxylation is 2. The smallest absolute Gasteiger partial charge is 0.350 e. The zero-order valence-electron chi connectivity index (χ0n) is 15.8. The van der Waals surface area contributed by atoms with Crippen LogP contribution < -0.4 is 0 Å². The Balaban J connectivity index is 1.38. The van der Waals surface area contributed by atoms with E-state index in [4.69, 9.17) is 9.72 Å². The molecule has 0 saturated carbocycles. The Morgan fingerprint density at radius 2 is 2.04 bits per heavy atom. The first-order valence-electron chi connectivity index (χ1n) is 9.25. The average Bonchev–Trinajstić information content (AvgIpc) is 3.28. The normalized spacial score (nSPS) is 17.1. The van der Waals surface area contributed by atoms with Gasteiger partial charge in [-0.3, -0.25) is 4.79 Å². The van der Waals surface area contributed by atoms with Gasteiger partial charge in [0.25, 0.3) is 5.91 Å². The summed E-state index contributed by atoms with van der Waals surface area (Å²) in [5.74, 6) is -0.397. The SMILES string of the molecule is Cc1nc(C)c(C(=O)OCC(=O)N2CCC[C@H](c3nc4ccccc4s3)C2)s1. The molecule has 1 saturated heterocycles. The molecular formula is C20H21N3O3S2. The third-order valence-electron chi connectivity index (χ3n) is 4.85. The summed E-state index contributed by atoms with van der Waals surface area (Å²) in [7, 11) is 0. The average molecular weight is 416 g/mol. The molecule has 2 aromatic heterocycles. The van der Waals surface area contributed by atoms with Crippen molar-refractivity contribution < 1.29 is 14.3 Å². The molecule has 0 unspecified atom stereocenters. The third kappa shape index (κ3) is 3.93. The molecule has 1 aliphatic heterocycles. The number of esters is 1. The molecule has 0 bridgehead atoms. The minimum atomic E-state index is -0.476. The van der Waals surface area contributed by atoms with E-state index in [1.54, 1.807) is 23.2 Å².